The lowest BCUT2D eigenvalue weighted by Crippen LogP contribution is -2.24. The van der Waals surface area contributed by atoms with Gasteiger partial charge in [-0.25, -0.2) is 0 Å². The fraction of sp³-hybridized carbons (Fsp3) is 0.333. The number of amides is 2. The zero-order chi connectivity index (χ0) is 11.6. The molecule has 0 aromatic carbocycles. The van der Waals surface area contributed by atoms with E-state index in [1.165, 1.54) is 10.9 Å². The lowest BCUT2D eigenvalue weighted by atomic mass is 10.2. The van der Waals surface area contributed by atoms with Gasteiger partial charge >= 0.3 is 0 Å². The van der Waals surface area contributed by atoms with E-state index in [1.807, 2.05) is 0 Å². The summed E-state index contributed by atoms with van der Waals surface area (Å²) in [5, 5.41) is 0. The summed E-state index contributed by atoms with van der Waals surface area (Å²) in [6.45, 7) is 3.54. The van der Waals surface area contributed by atoms with Gasteiger partial charge in [0, 0.05) is 11.9 Å². The molecule has 0 saturated carbocycles. The molecule has 82 valence electrons. The van der Waals surface area contributed by atoms with Crippen molar-refractivity contribution in [2.45, 2.75) is 13.8 Å². The van der Waals surface area contributed by atoms with Gasteiger partial charge in [-0.1, -0.05) is 0 Å². The number of nitrogens with one attached hydrogen (secondary N) is 1. The molecule has 0 bridgehead atoms. The number of carbonyl (C=O) groups excluding carboxylic acids is 2. The molecule has 0 aliphatic heterocycles. The van der Waals surface area contributed by atoms with Gasteiger partial charge in [-0.2, -0.15) is 0 Å². The molecular formula is C9H12ClN3O2. The van der Waals surface area contributed by atoms with Crippen LogP contribution in [0.15, 0.2) is 6.20 Å². The van der Waals surface area contributed by atoms with Crippen molar-refractivity contribution in [1.29, 1.82) is 0 Å². The van der Waals surface area contributed by atoms with Crippen LogP contribution in [0.25, 0.3) is 0 Å². The molecule has 0 atom stereocenters. The summed E-state index contributed by atoms with van der Waals surface area (Å²) in [5.74, 6) is -0.997. The summed E-state index contributed by atoms with van der Waals surface area (Å²) in [5.41, 5.74) is 9.57. The summed E-state index contributed by atoms with van der Waals surface area (Å²) in [6, 6.07) is 0. The van der Waals surface area contributed by atoms with E-state index in [0.717, 1.165) is 11.3 Å². The molecule has 1 heterocycles. The molecule has 3 N–H and O–H groups in total. The number of nitrogens with zero attached hydrogens (tertiary/aromatic N) is 1. The highest BCUT2D eigenvalue weighted by atomic mass is 35.5. The number of rotatable bonds is 3. The van der Waals surface area contributed by atoms with E-state index in [4.69, 9.17) is 17.3 Å². The van der Waals surface area contributed by atoms with Crippen molar-refractivity contribution in [3.05, 3.63) is 23.0 Å². The van der Waals surface area contributed by atoms with E-state index in [-0.39, 0.29) is 11.8 Å². The van der Waals surface area contributed by atoms with Crippen molar-refractivity contribution < 1.29 is 9.59 Å². The highest BCUT2D eigenvalue weighted by Gasteiger charge is 2.13. The predicted molar refractivity (Wildman–Crippen MR) is 57.5 cm³/mol. The molecule has 0 unspecified atom stereocenters. The van der Waals surface area contributed by atoms with Crippen LogP contribution in [0, 0.1) is 13.8 Å². The summed E-state index contributed by atoms with van der Waals surface area (Å²) >= 11 is 5.35. The number of alkyl halides is 1. The highest BCUT2D eigenvalue weighted by Crippen LogP contribution is 2.13. The standard InChI is InChI=1S/C9H12ClN3O2/c1-5-6(2)13(12-8(14)3-10)4-7(5)9(11)15/h4H,3H2,1-2H3,(H2,11,15)(H,12,14). The Hall–Kier alpha value is -1.49. The van der Waals surface area contributed by atoms with Crippen LogP contribution >= 0.6 is 11.6 Å². The largest absolute Gasteiger partial charge is 0.366 e. The van der Waals surface area contributed by atoms with Crippen LogP contribution in [-0.4, -0.2) is 22.4 Å². The van der Waals surface area contributed by atoms with Crippen LogP contribution in [-0.2, 0) is 4.79 Å². The Morgan fingerprint density at radius 2 is 2.13 bits per heavy atom. The molecule has 0 aliphatic rings. The maximum atomic E-state index is 11.0. The minimum absolute atomic E-state index is 0.136. The molecule has 0 radical (unpaired) electrons. The smallest absolute Gasteiger partial charge is 0.253 e. The van der Waals surface area contributed by atoms with Gasteiger partial charge < -0.3 is 5.73 Å². The highest BCUT2D eigenvalue weighted by molar-refractivity contribution is 6.28. The van der Waals surface area contributed by atoms with E-state index >= 15 is 0 Å². The Labute approximate surface area is 92.2 Å². The second kappa shape index (κ2) is 4.35. The van der Waals surface area contributed by atoms with Gasteiger partial charge in [-0.3, -0.25) is 19.7 Å². The molecular weight excluding hydrogens is 218 g/mol. The molecule has 15 heavy (non-hydrogen) atoms. The van der Waals surface area contributed by atoms with Gasteiger partial charge in [0.15, 0.2) is 0 Å². The van der Waals surface area contributed by atoms with E-state index in [9.17, 15) is 9.59 Å². The van der Waals surface area contributed by atoms with Crippen LogP contribution in [0.3, 0.4) is 0 Å². The molecule has 0 aliphatic carbocycles. The summed E-state index contributed by atoms with van der Waals surface area (Å²) in [4.78, 5) is 22.1. The Balaban J connectivity index is 3.05. The van der Waals surface area contributed by atoms with Crippen molar-refractivity contribution >= 4 is 23.4 Å². The predicted octanol–water partition coefficient (Wildman–Crippen LogP) is 0.513. The molecule has 1 aromatic heterocycles. The molecule has 1 rings (SSSR count). The Bertz CT molecular complexity index is 412. The normalized spacial score (nSPS) is 10.1. The Morgan fingerprint density at radius 1 is 1.53 bits per heavy atom. The number of primary amides is 1. The summed E-state index contributed by atoms with van der Waals surface area (Å²) in [6.07, 6.45) is 1.48. The first kappa shape index (κ1) is 11.6. The van der Waals surface area contributed by atoms with E-state index in [0.29, 0.717) is 5.56 Å². The number of carbonyl (C=O) groups is 2. The lowest BCUT2D eigenvalue weighted by Gasteiger charge is -2.06. The van der Waals surface area contributed by atoms with Crippen molar-refractivity contribution in [3.8, 4) is 0 Å². The fourth-order valence-electron chi connectivity index (χ4n) is 1.23. The van der Waals surface area contributed by atoms with Gasteiger partial charge in [0.25, 0.3) is 11.8 Å². The average Bonchev–Trinajstić information content (AvgIpc) is 2.46. The molecule has 0 fully saturated rings. The van der Waals surface area contributed by atoms with Gasteiger partial charge in [0.1, 0.15) is 5.88 Å². The van der Waals surface area contributed by atoms with Crippen LogP contribution in [0.1, 0.15) is 21.6 Å². The number of hydrogen-bond donors (Lipinski definition) is 2. The summed E-state index contributed by atoms with van der Waals surface area (Å²) in [7, 11) is 0. The third kappa shape index (κ3) is 2.30. The third-order valence-electron chi connectivity index (χ3n) is 2.20. The van der Waals surface area contributed by atoms with Crippen LogP contribution in [0.4, 0.5) is 0 Å². The zero-order valence-corrected chi connectivity index (χ0v) is 9.26. The van der Waals surface area contributed by atoms with Crippen molar-refractivity contribution in [2.24, 2.45) is 5.73 Å². The SMILES string of the molecule is Cc1c(C(N)=O)cn(NC(=O)CCl)c1C. The van der Waals surface area contributed by atoms with Crippen molar-refractivity contribution in [3.63, 3.8) is 0 Å². The zero-order valence-electron chi connectivity index (χ0n) is 8.50. The van der Waals surface area contributed by atoms with Gasteiger partial charge in [0.2, 0.25) is 0 Å². The minimum Gasteiger partial charge on any atom is -0.366 e. The van der Waals surface area contributed by atoms with E-state index in [1.54, 1.807) is 13.8 Å². The monoisotopic (exact) mass is 229 g/mol. The summed E-state index contributed by atoms with van der Waals surface area (Å²) < 4.78 is 1.44. The second-order valence-corrected chi connectivity index (χ2v) is 3.42. The fourth-order valence-corrected chi connectivity index (χ4v) is 1.29. The average molecular weight is 230 g/mol. The molecule has 6 heteroatoms. The number of halogens is 1. The molecule has 0 spiro atoms. The molecule has 2 amide bonds. The number of nitrogens with two attached hydrogens (primary N) is 1. The molecule has 1 aromatic rings. The lowest BCUT2D eigenvalue weighted by molar-refractivity contribution is -0.114. The Morgan fingerprint density at radius 3 is 2.53 bits per heavy atom. The van der Waals surface area contributed by atoms with Gasteiger partial charge in [0.05, 0.1) is 5.56 Å². The van der Waals surface area contributed by atoms with E-state index < -0.39 is 5.91 Å². The maximum absolute atomic E-state index is 11.0. The first-order chi connectivity index (χ1) is 6.97. The number of aromatic nitrogens is 1. The third-order valence-corrected chi connectivity index (χ3v) is 2.44. The number of hydrogen-bond acceptors (Lipinski definition) is 2. The first-order valence-corrected chi connectivity index (χ1v) is 4.85. The first-order valence-electron chi connectivity index (χ1n) is 4.31. The Kier molecular flexibility index (Phi) is 3.36. The van der Waals surface area contributed by atoms with Crippen molar-refractivity contribution in [1.82, 2.24) is 4.68 Å². The molecule has 5 nitrogen and oxygen atoms in total. The van der Waals surface area contributed by atoms with Crippen molar-refractivity contribution in [2.75, 3.05) is 11.3 Å². The minimum atomic E-state index is -0.519. The maximum Gasteiger partial charge on any atom is 0.253 e. The van der Waals surface area contributed by atoms with Gasteiger partial charge in [-0.15, -0.1) is 11.6 Å². The van der Waals surface area contributed by atoms with Gasteiger partial charge in [-0.05, 0) is 19.4 Å². The quantitative estimate of drug-likeness (QED) is 0.741. The topological polar surface area (TPSA) is 77.1 Å². The molecule has 0 saturated heterocycles. The van der Waals surface area contributed by atoms with Crippen LogP contribution < -0.4 is 11.2 Å². The van der Waals surface area contributed by atoms with E-state index in [2.05, 4.69) is 5.43 Å². The second-order valence-electron chi connectivity index (χ2n) is 3.16. The van der Waals surface area contributed by atoms with Crippen LogP contribution in [0.5, 0.6) is 0 Å². The van der Waals surface area contributed by atoms with Crippen LogP contribution in [0.2, 0.25) is 0 Å².